The lowest BCUT2D eigenvalue weighted by Crippen LogP contribution is -2.43. The lowest BCUT2D eigenvalue weighted by molar-refractivity contribution is -0.127. The maximum Gasteiger partial charge on any atom is 0.241 e. The Balaban J connectivity index is 1.96. The number of amides is 1. The zero-order valence-corrected chi connectivity index (χ0v) is 18.4. The van der Waals surface area contributed by atoms with Crippen molar-refractivity contribution in [3.05, 3.63) is 59.7 Å². The van der Waals surface area contributed by atoms with Crippen molar-refractivity contribution in [1.82, 2.24) is 15.5 Å². The number of ether oxygens (including phenoxy) is 1. The molecule has 0 unspecified atom stereocenters. The summed E-state index contributed by atoms with van der Waals surface area (Å²) >= 11 is 1.78. The molecule has 2 N–H and O–H groups in total. The van der Waals surface area contributed by atoms with E-state index in [2.05, 4.69) is 33.8 Å². The van der Waals surface area contributed by atoms with Gasteiger partial charge in [0, 0.05) is 31.3 Å². The second-order valence-electron chi connectivity index (χ2n) is 6.75. The molecule has 0 fully saturated rings. The van der Waals surface area contributed by atoms with Gasteiger partial charge in [0.15, 0.2) is 5.96 Å². The largest absolute Gasteiger partial charge is 0.497 e. The molecular weight excluding hydrogens is 384 g/mol. The number of hydrogen-bond acceptors (Lipinski definition) is 4. The fourth-order valence-corrected chi connectivity index (χ4v) is 3.34. The maximum absolute atomic E-state index is 11.9. The van der Waals surface area contributed by atoms with Crippen LogP contribution in [0.2, 0.25) is 0 Å². The minimum atomic E-state index is -0.00427. The summed E-state index contributed by atoms with van der Waals surface area (Å²) < 4.78 is 5.34. The van der Waals surface area contributed by atoms with Gasteiger partial charge in [0.2, 0.25) is 5.91 Å². The van der Waals surface area contributed by atoms with Crippen LogP contribution in [0.3, 0.4) is 0 Å². The Hall–Kier alpha value is -2.67. The molecule has 2 rings (SSSR count). The number of thioether (sulfide) groups is 1. The number of likely N-dealkylation sites (N-methyl/N-ethyl adjacent to an activating group) is 1. The third kappa shape index (κ3) is 8.48. The number of carbonyl (C=O) groups is 1. The van der Waals surface area contributed by atoms with Crippen molar-refractivity contribution in [1.29, 1.82) is 0 Å². The molecule has 0 atom stereocenters. The molecule has 0 heterocycles. The van der Waals surface area contributed by atoms with E-state index in [1.807, 2.05) is 37.3 Å². The Morgan fingerprint density at radius 3 is 2.59 bits per heavy atom. The number of rotatable bonds is 9. The minimum absolute atomic E-state index is 0.00427. The molecule has 0 spiro atoms. The standard InChI is InChI=1S/C22H30N4O2S/c1-17-12-18(14-19(13-17)28-4)15-24-22(25-16-21(27)26(2)3)23-10-11-29-20-8-6-5-7-9-20/h5-9,12-14H,10-11,15-16H2,1-4H3,(H2,23,24,25). The average Bonchev–Trinajstić information content (AvgIpc) is 2.72. The van der Waals surface area contributed by atoms with Crippen LogP contribution in [0.1, 0.15) is 11.1 Å². The first kappa shape index (κ1) is 22.6. The Morgan fingerprint density at radius 2 is 1.90 bits per heavy atom. The predicted octanol–water partition coefficient (Wildman–Crippen LogP) is 2.92. The Kier molecular flexibility index (Phi) is 9.37. The molecule has 6 nitrogen and oxygen atoms in total. The molecule has 2 aromatic carbocycles. The van der Waals surface area contributed by atoms with Crippen molar-refractivity contribution < 1.29 is 9.53 Å². The van der Waals surface area contributed by atoms with Gasteiger partial charge in [-0.15, -0.1) is 11.8 Å². The number of aryl methyl sites for hydroxylation is 1. The average molecular weight is 415 g/mol. The van der Waals surface area contributed by atoms with Crippen LogP contribution in [0.5, 0.6) is 5.75 Å². The van der Waals surface area contributed by atoms with Gasteiger partial charge in [-0.3, -0.25) is 4.79 Å². The third-order valence-electron chi connectivity index (χ3n) is 4.08. The molecular formula is C22H30N4O2S. The number of nitrogens with one attached hydrogen (secondary N) is 2. The fourth-order valence-electron chi connectivity index (χ4n) is 2.55. The van der Waals surface area contributed by atoms with E-state index >= 15 is 0 Å². The molecule has 0 saturated carbocycles. The van der Waals surface area contributed by atoms with Gasteiger partial charge in [-0.05, 0) is 42.3 Å². The van der Waals surface area contributed by atoms with Crippen LogP contribution in [0.4, 0.5) is 0 Å². The second kappa shape index (κ2) is 12.0. The van der Waals surface area contributed by atoms with E-state index < -0.39 is 0 Å². The monoisotopic (exact) mass is 414 g/mol. The summed E-state index contributed by atoms with van der Waals surface area (Å²) in [5.74, 6) is 2.33. The van der Waals surface area contributed by atoms with E-state index in [1.54, 1.807) is 37.9 Å². The number of benzene rings is 2. The van der Waals surface area contributed by atoms with Gasteiger partial charge >= 0.3 is 0 Å². The Morgan fingerprint density at radius 1 is 1.14 bits per heavy atom. The summed E-state index contributed by atoms with van der Waals surface area (Å²) in [4.78, 5) is 19.4. The summed E-state index contributed by atoms with van der Waals surface area (Å²) in [5.41, 5.74) is 2.18. The molecule has 29 heavy (non-hydrogen) atoms. The number of hydrogen-bond donors (Lipinski definition) is 2. The summed E-state index contributed by atoms with van der Waals surface area (Å²) in [6.45, 7) is 3.46. The lowest BCUT2D eigenvalue weighted by atomic mass is 10.1. The molecule has 0 radical (unpaired) electrons. The van der Waals surface area contributed by atoms with Crippen LogP contribution >= 0.6 is 11.8 Å². The second-order valence-corrected chi connectivity index (χ2v) is 7.92. The normalized spacial score (nSPS) is 11.1. The number of aliphatic imine (C=N–C) groups is 1. The highest BCUT2D eigenvalue weighted by molar-refractivity contribution is 7.99. The molecule has 0 aliphatic heterocycles. The zero-order chi connectivity index (χ0) is 21.1. The van der Waals surface area contributed by atoms with E-state index in [0.29, 0.717) is 12.5 Å². The smallest absolute Gasteiger partial charge is 0.241 e. The molecule has 7 heteroatoms. The number of methoxy groups -OCH3 is 1. The number of nitrogens with zero attached hydrogens (tertiary/aromatic N) is 2. The summed E-state index contributed by atoms with van der Waals surface area (Å²) in [7, 11) is 5.14. The van der Waals surface area contributed by atoms with E-state index in [-0.39, 0.29) is 12.5 Å². The van der Waals surface area contributed by atoms with Crippen LogP contribution in [0.15, 0.2) is 58.4 Å². The molecule has 0 saturated heterocycles. The quantitative estimate of drug-likeness (QED) is 0.286. The van der Waals surface area contributed by atoms with Crippen molar-refractivity contribution in [2.24, 2.45) is 4.99 Å². The molecule has 1 amide bonds. The molecule has 0 aliphatic rings. The topological polar surface area (TPSA) is 66.0 Å². The third-order valence-corrected chi connectivity index (χ3v) is 5.09. The van der Waals surface area contributed by atoms with Gasteiger partial charge in [0.1, 0.15) is 5.75 Å². The summed E-state index contributed by atoms with van der Waals surface area (Å²) in [5, 5.41) is 6.43. The molecule has 0 aliphatic carbocycles. The highest BCUT2D eigenvalue weighted by Gasteiger charge is 2.06. The van der Waals surface area contributed by atoms with Crippen LogP contribution in [0.25, 0.3) is 0 Å². The highest BCUT2D eigenvalue weighted by atomic mass is 32.2. The maximum atomic E-state index is 11.9. The van der Waals surface area contributed by atoms with Crippen LogP contribution in [-0.2, 0) is 11.3 Å². The van der Waals surface area contributed by atoms with Crippen molar-refractivity contribution in [2.75, 3.05) is 40.0 Å². The van der Waals surface area contributed by atoms with Gasteiger partial charge in [0.05, 0.1) is 20.2 Å². The molecule has 0 bridgehead atoms. The van der Waals surface area contributed by atoms with Gasteiger partial charge in [-0.2, -0.15) is 0 Å². The number of carbonyl (C=O) groups excluding carboxylic acids is 1. The van der Waals surface area contributed by atoms with Gasteiger partial charge in [0.25, 0.3) is 0 Å². The predicted molar refractivity (Wildman–Crippen MR) is 121 cm³/mol. The van der Waals surface area contributed by atoms with Crippen molar-refractivity contribution in [3.8, 4) is 5.75 Å². The van der Waals surface area contributed by atoms with Crippen molar-refractivity contribution >= 4 is 23.6 Å². The van der Waals surface area contributed by atoms with Crippen molar-refractivity contribution in [2.45, 2.75) is 18.4 Å². The summed E-state index contributed by atoms with van der Waals surface area (Å²) in [6, 6.07) is 16.3. The Labute approximate surface area is 177 Å². The van der Waals surface area contributed by atoms with Crippen LogP contribution in [0, 0.1) is 6.92 Å². The van der Waals surface area contributed by atoms with Crippen LogP contribution < -0.4 is 15.4 Å². The summed E-state index contributed by atoms with van der Waals surface area (Å²) in [6.07, 6.45) is 0. The molecule has 156 valence electrons. The first-order valence-corrected chi connectivity index (χ1v) is 10.5. The van der Waals surface area contributed by atoms with Gasteiger partial charge in [-0.25, -0.2) is 4.99 Å². The number of guanidine groups is 1. The van der Waals surface area contributed by atoms with Crippen molar-refractivity contribution in [3.63, 3.8) is 0 Å². The van der Waals surface area contributed by atoms with Gasteiger partial charge < -0.3 is 20.3 Å². The van der Waals surface area contributed by atoms with Gasteiger partial charge in [-0.1, -0.05) is 24.3 Å². The van der Waals surface area contributed by atoms with E-state index in [4.69, 9.17) is 4.74 Å². The lowest BCUT2D eigenvalue weighted by Gasteiger charge is -2.15. The van der Waals surface area contributed by atoms with E-state index in [9.17, 15) is 4.79 Å². The first-order chi connectivity index (χ1) is 14.0. The SMILES string of the molecule is COc1cc(C)cc(CN=C(NCCSc2ccccc2)NCC(=O)N(C)C)c1. The zero-order valence-electron chi connectivity index (χ0n) is 17.6. The van der Waals surface area contributed by atoms with E-state index in [1.165, 1.54) is 4.90 Å². The minimum Gasteiger partial charge on any atom is -0.497 e. The first-order valence-electron chi connectivity index (χ1n) is 9.52. The van der Waals surface area contributed by atoms with Crippen LogP contribution in [-0.4, -0.2) is 56.8 Å². The van der Waals surface area contributed by atoms with E-state index in [0.717, 1.165) is 29.2 Å². The highest BCUT2D eigenvalue weighted by Crippen LogP contribution is 2.17. The molecule has 0 aromatic heterocycles. The fraction of sp³-hybridized carbons (Fsp3) is 0.364. The molecule has 2 aromatic rings. The Bertz CT molecular complexity index is 810.